The zero-order chi connectivity index (χ0) is 31.5. The second-order valence-corrected chi connectivity index (χ2v) is 9.35. The fourth-order valence-electron chi connectivity index (χ4n) is 3.74. The van der Waals surface area contributed by atoms with Crippen molar-refractivity contribution in [2.45, 2.75) is 106 Å². The Morgan fingerprint density at radius 3 is 1.93 bits per heavy atom. The molecule has 1 aliphatic rings. The topological polar surface area (TPSA) is 48.0 Å². The molecule has 0 aliphatic carbocycles. The van der Waals surface area contributed by atoms with Gasteiger partial charge in [0, 0.05) is 32.7 Å². The van der Waals surface area contributed by atoms with Gasteiger partial charge in [-0.25, -0.2) is 4.79 Å². The van der Waals surface area contributed by atoms with E-state index in [-0.39, 0.29) is 24.3 Å². The van der Waals surface area contributed by atoms with E-state index in [9.17, 15) is 18.0 Å². The Bertz CT molecular complexity index is 928. The van der Waals surface area contributed by atoms with Crippen LogP contribution in [0.2, 0.25) is 0 Å². The average molecular weight is 572 g/mol. The lowest BCUT2D eigenvalue weighted by atomic mass is 9.94. The number of carbonyl (C=O) groups excluding carboxylic acids is 1. The minimum absolute atomic E-state index is 0.0934. The molecule has 230 valence electrons. The Kier molecular flexibility index (Phi) is 19.9. The van der Waals surface area contributed by atoms with E-state index in [1.165, 1.54) is 6.07 Å². The van der Waals surface area contributed by atoms with Gasteiger partial charge in [0.25, 0.3) is 0 Å². The van der Waals surface area contributed by atoms with Crippen LogP contribution in [0.3, 0.4) is 0 Å². The van der Waals surface area contributed by atoms with Crippen molar-refractivity contribution in [2.24, 2.45) is 0 Å². The maximum absolute atomic E-state index is 13.3. The predicted octanol–water partition coefficient (Wildman–Crippen LogP) is 9.74. The van der Waals surface area contributed by atoms with Crippen LogP contribution in [0, 0.1) is 0 Å². The molecule has 0 radical (unpaired) electrons. The summed E-state index contributed by atoms with van der Waals surface area (Å²) in [4.78, 5) is 14.2. The van der Waals surface area contributed by atoms with E-state index in [2.05, 4.69) is 4.74 Å². The lowest BCUT2D eigenvalue weighted by Crippen LogP contribution is -2.38. The van der Waals surface area contributed by atoms with Crippen molar-refractivity contribution in [1.29, 1.82) is 0 Å². The van der Waals surface area contributed by atoms with Crippen molar-refractivity contribution in [1.82, 2.24) is 4.90 Å². The first-order valence-electron chi connectivity index (χ1n) is 14.1. The van der Waals surface area contributed by atoms with Crippen molar-refractivity contribution in [2.75, 3.05) is 20.8 Å². The molecule has 1 amide bonds. The molecule has 1 aliphatic heterocycles. The van der Waals surface area contributed by atoms with Crippen LogP contribution in [0.25, 0.3) is 0 Å². The summed E-state index contributed by atoms with van der Waals surface area (Å²) in [5, 5.41) is 0. The van der Waals surface area contributed by atoms with Crippen molar-refractivity contribution >= 4 is 6.09 Å². The fourth-order valence-corrected chi connectivity index (χ4v) is 3.74. The SMILES string of the molecule is CC.CC.CC.COC.C[C@@H]1CC(c2ccc(C(F)(F)F)cc2OCc2ccccc2)CN1C(=O)OC(C)(C)C. The zero-order valence-electron chi connectivity index (χ0n) is 26.6. The number of methoxy groups -OCH3 is 1. The largest absolute Gasteiger partial charge is 0.489 e. The third-order valence-electron chi connectivity index (χ3n) is 5.22. The van der Waals surface area contributed by atoms with Gasteiger partial charge in [0.2, 0.25) is 0 Å². The second-order valence-electron chi connectivity index (χ2n) is 9.35. The molecule has 0 N–H and O–H groups in total. The first-order valence-corrected chi connectivity index (χ1v) is 14.1. The van der Waals surface area contributed by atoms with Crippen molar-refractivity contribution in [3.8, 4) is 5.75 Å². The summed E-state index contributed by atoms with van der Waals surface area (Å²) in [6.07, 6.45) is -4.26. The summed E-state index contributed by atoms with van der Waals surface area (Å²) in [7, 11) is 3.25. The summed E-state index contributed by atoms with van der Waals surface area (Å²) < 4.78 is 55.5. The van der Waals surface area contributed by atoms with Gasteiger partial charge < -0.3 is 19.1 Å². The van der Waals surface area contributed by atoms with E-state index >= 15 is 0 Å². The van der Waals surface area contributed by atoms with E-state index in [4.69, 9.17) is 9.47 Å². The van der Waals surface area contributed by atoms with Crippen molar-refractivity contribution in [3.63, 3.8) is 0 Å². The highest BCUT2D eigenvalue weighted by molar-refractivity contribution is 5.69. The molecule has 0 saturated carbocycles. The number of carbonyl (C=O) groups is 1. The number of halogens is 3. The molecule has 40 heavy (non-hydrogen) atoms. The molecule has 2 aromatic rings. The Balaban J connectivity index is 0. The summed E-state index contributed by atoms with van der Waals surface area (Å²) in [6, 6.07) is 12.8. The van der Waals surface area contributed by atoms with Gasteiger partial charge in [-0.1, -0.05) is 77.9 Å². The predicted molar refractivity (Wildman–Crippen MR) is 159 cm³/mol. The molecule has 1 heterocycles. The van der Waals surface area contributed by atoms with Crippen molar-refractivity contribution < 1.29 is 32.2 Å². The Hall–Kier alpha value is -2.74. The normalized spacial score (nSPS) is 15.9. The fraction of sp³-hybridized carbons (Fsp3) is 0.594. The van der Waals surface area contributed by atoms with Gasteiger partial charge in [-0.05, 0) is 57.4 Å². The smallest absolute Gasteiger partial charge is 0.416 e. The average Bonchev–Trinajstić information content (AvgIpc) is 3.32. The molecule has 0 aromatic heterocycles. The molecular weight excluding hydrogens is 519 g/mol. The molecule has 8 heteroatoms. The molecular formula is C32H52F3NO4. The second kappa shape index (κ2) is 20.2. The van der Waals surface area contributed by atoms with Crippen LogP contribution < -0.4 is 4.74 Å². The van der Waals surface area contributed by atoms with E-state index in [0.29, 0.717) is 18.5 Å². The summed E-state index contributed by atoms with van der Waals surface area (Å²) in [5.41, 5.74) is 0.157. The first kappa shape index (κ1) is 39.4. The minimum atomic E-state index is -4.46. The molecule has 3 rings (SSSR count). The van der Waals surface area contributed by atoms with Crippen LogP contribution in [0.5, 0.6) is 5.75 Å². The van der Waals surface area contributed by atoms with E-state index < -0.39 is 23.4 Å². The molecule has 1 saturated heterocycles. The molecule has 1 unspecified atom stereocenters. The van der Waals surface area contributed by atoms with Crippen LogP contribution >= 0.6 is 0 Å². The lowest BCUT2D eigenvalue weighted by Gasteiger charge is -2.27. The quantitative estimate of drug-likeness (QED) is 0.366. The van der Waals surface area contributed by atoms with Gasteiger partial charge in [-0.2, -0.15) is 13.2 Å². The molecule has 2 atom stereocenters. The van der Waals surface area contributed by atoms with Crippen LogP contribution in [0.4, 0.5) is 18.0 Å². The Morgan fingerprint density at radius 1 is 0.925 bits per heavy atom. The van der Waals surface area contributed by atoms with Gasteiger partial charge >= 0.3 is 12.3 Å². The number of ether oxygens (including phenoxy) is 3. The number of rotatable bonds is 4. The standard InChI is InChI=1S/C24H28F3NO3.C2H6O.3C2H6/c1-16-12-18(14-28(16)22(29)31-23(2,3)4)20-11-10-19(24(25,26)27)13-21(20)30-15-17-8-6-5-7-9-17;1-3-2;3*1-2/h5-11,13,16,18H,12,14-15H2,1-4H3;1-2H3;3*1-2H3/t16-,18?;;;;/m1..../s1. The molecule has 2 aromatic carbocycles. The van der Waals surface area contributed by atoms with Crippen LogP contribution in [0.15, 0.2) is 48.5 Å². The number of amides is 1. The van der Waals surface area contributed by atoms with E-state index in [1.807, 2.05) is 78.8 Å². The summed E-state index contributed by atoms with van der Waals surface area (Å²) in [5.74, 6) is 0.0532. The minimum Gasteiger partial charge on any atom is -0.489 e. The molecule has 0 bridgehead atoms. The third-order valence-corrected chi connectivity index (χ3v) is 5.22. The van der Waals surface area contributed by atoms with Crippen LogP contribution in [-0.4, -0.2) is 43.4 Å². The first-order chi connectivity index (χ1) is 18.9. The van der Waals surface area contributed by atoms with Gasteiger partial charge in [0.15, 0.2) is 0 Å². The van der Waals surface area contributed by atoms with Crippen LogP contribution in [-0.2, 0) is 22.3 Å². The van der Waals surface area contributed by atoms with Gasteiger partial charge in [-0.3, -0.25) is 0 Å². The van der Waals surface area contributed by atoms with Gasteiger partial charge in [0.05, 0.1) is 5.56 Å². The molecule has 1 fully saturated rings. The van der Waals surface area contributed by atoms with E-state index in [1.54, 1.807) is 39.9 Å². The number of hydrogen-bond acceptors (Lipinski definition) is 4. The summed E-state index contributed by atoms with van der Waals surface area (Å²) in [6.45, 7) is 19.8. The van der Waals surface area contributed by atoms with E-state index in [0.717, 1.165) is 17.7 Å². The maximum atomic E-state index is 13.3. The zero-order valence-corrected chi connectivity index (χ0v) is 26.6. The lowest BCUT2D eigenvalue weighted by molar-refractivity contribution is -0.137. The monoisotopic (exact) mass is 571 g/mol. The number of nitrogens with zero attached hydrogens (tertiary/aromatic N) is 1. The van der Waals surface area contributed by atoms with Gasteiger partial charge in [-0.15, -0.1) is 0 Å². The van der Waals surface area contributed by atoms with Gasteiger partial charge in [0.1, 0.15) is 18.0 Å². The van der Waals surface area contributed by atoms with Crippen molar-refractivity contribution in [3.05, 3.63) is 65.2 Å². The van der Waals surface area contributed by atoms with Crippen LogP contribution in [0.1, 0.15) is 98.3 Å². The highest BCUT2D eigenvalue weighted by atomic mass is 19.4. The maximum Gasteiger partial charge on any atom is 0.416 e. The number of benzene rings is 2. The Labute approximate surface area is 241 Å². The number of alkyl halides is 3. The molecule has 5 nitrogen and oxygen atoms in total. The number of likely N-dealkylation sites (tertiary alicyclic amines) is 1. The highest BCUT2D eigenvalue weighted by Gasteiger charge is 2.38. The molecule has 0 spiro atoms. The highest BCUT2D eigenvalue weighted by Crippen LogP contribution is 2.40. The summed E-state index contributed by atoms with van der Waals surface area (Å²) >= 11 is 0. The number of hydrogen-bond donors (Lipinski definition) is 0. The third kappa shape index (κ3) is 14.1. The Morgan fingerprint density at radius 2 is 1.45 bits per heavy atom.